The molecule has 3 aromatic rings. The van der Waals surface area contributed by atoms with Crippen LogP contribution in [0.3, 0.4) is 0 Å². The van der Waals surface area contributed by atoms with Gasteiger partial charge in [0.1, 0.15) is 4.83 Å². The molecule has 3 rings (SSSR count). The Morgan fingerprint density at radius 3 is 2.88 bits per heavy atom. The number of carbonyl (C=O) groups excluding carboxylic acids is 1. The van der Waals surface area contributed by atoms with E-state index in [4.69, 9.17) is 0 Å². The highest BCUT2D eigenvalue weighted by molar-refractivity contribution is 8.00. The minimum absolute atomic E-state index is 0.0553. The molecule has 124 valence electrons. The van der Waals surface area contributed by atoms with E-state index in [0.29, 0.717) is 28.3 Å². The van der Waals surface area contributed by atoms with Gasteiger partial charge in [0, 0.05) is 6.54 Å². The van der Waals surface area contributed by atoms with Crippen LogP contribution < -0.4 is 10.9 Å². The van der Waals surface area contributed by atoms with E-state index in [1.807, 2.05) is 42.6 Å². The van der Waals surface area contributed by atoms with Crippen LogP contribution in [0, 0.1) is 0 Å². The van der Waals surface area contributed by atoms with Crippen molar-refractivity contribution in [3.63, 3.8) is 0 Å². The average Bonchev–Trinajstić information content (AvgIpc) is 3.07. The minimum atomic E-state index is -0.297. The third kappa shape index (κ3) is 3.85. The second-order valence-corrected chi connectivity index (χ2v) is 7.31. The smallest absolute Gasteiger partial charge is 0.260 e. The summed E-state index contributed by atoms with van der Waals surface area (Å²) < 4.78 is 0. The molecule has 0 saturated heterocycles. The molecule has 2 heterocycles. The molecule has 24 heavy (non-hydrogen) atoms. The molecule has 0 aliphatic rings. The summed E-state index contributed by atoms with van der Waals surface area (Å²) in [5.41, 5.74) is 0.889. The summed E-state index contributed by atoms with van der Waals surface area (Å²) in [4.78, 5) is 32.3. The molecular weight excluding hydrogens is 342 g/mol. The lowest BCUT2D eigenvalue weighted by atomic mass is 10.2. The van der Waals surface area contributed by atoms with Crippen molar-refractivity contribution in [1.82, 2.24) is 15.3 Å². The topological polar surface area (TPSA) is 74.8 Å². The number of H-pyrrole nitrogens is 1. The average molecular weight is 359 g/mol. The van der Waals surface area contributed by atoms with Gasteiger partial charge in [-0.2, -0.15) is 0 Å². The molecule has 2 aromatic heterocycles. The fourth-order valence-electron chi connectivity index (χ4n) is 2.26. The second kappa shape index (κ2) is 7.63. The Kier molecular flexibility index (Phi) is 5.32. The number of fused-ring (bicyclic) bond motifs is 1. The van der Waals surface area contributed by atoms with Crippen LogP contribution in [0.1, 0.15) is 18.9 Å². The van der Waals surface area contributed by atoms with E-state index in [2.05, 4.69) is 15.3 Å². The number of carbonyl (C=O) groups is 1. The third-order valence-electron chi connectivity index (χ3n) is 3.54. The van der Waals surface area contributed by atoms with Gasteiger partial charge in [-0.1, -0.05) is 49.0 Å². The molecule has 7 heteroatoms. The van der Waals surface area contributed by atoms with Crippen LogP contribution in [-0.4, -0.2) is 21.1 Å². The van der Waals surface area contributed by atoms with Gasteiger partial charge in [0.25, 0.3) is 5.56 Å². The van der Waals surface area contributed by atoms with Crippen molar-refractivity contribution in [1.29, 1.82) is 0 Å². The number of amides is 1. The van der Waals surface area contributed by atoms with E-state index in [1.54, 1.807) is 6.07 Å². The number of thiophene rings is 1. The van der Waals surface area contributed by atoms with Crippen molar-refractivity contribution in [3.8, 4) is 0 Å². The lowest BCUT2D eigenvalue weighted by Gasteiger charge is -2.14. The van der Waals surface area contributed by atoms with Gasteiger partial charge in [0.15, 0.2) is 5.16 Å². The monoisotopic (exact) mass is 359 g/mol. The largest absolute Gasteiger partial charge is 0.351 e. The highest BCUT2D eigenvalue weighted by Gasteiger charge is 2.19. The number of aromatic amines is 1. The Hall–Kier alpha value is -2.12. The Balaban J connectivity index is 1.68. The molecule has 0 aliphatic heterocycles. The van der Waals surface area contributed by atoms with E-state index >= 15 is 0 Å². The Labute approximate surface area is 147 Å². The van der Waals surface area contributed by atoms with Crippen molar-refractivity contribution >= 4 is 39.2 Å². The van der Waals surface area contributed by atoms with Crippen LogP contribution in [0.2, 0.25) is 0 Å². The van der Waals surface area contributed by atoms with Gasteiger partial charge in [-0.05, 0) is 23.4 Å². The van der Waals surface area contributed by atoms with Crippen molar-refractivity contribution < 1.29 is 4.79 Å². The minimum Gasteiger partial charge on any atom is -0.351 e. The van der Waals surface area contributed by atoms with Crippen LogP contribution in [0.15, 0.2) is 51.7 Å². The molecule has 1 amide bonds. The first-order valence-corrected chi connectivity index (χ1v) is 9.39. The number of rotatable bonds is 6. The molecule has 0 bridgehead atoms. The Morgan fingerprint density at radius 2 is 2.12 bits per heavy atom. The summed E-state index contributed by atoms with van der Waals surface area (Å²) in [5, 5.41) is 5.55. The summed E-state index contributed by atoms with van der Waals surface area (Å²) in [5.74, 6) is -0.0553. The quantitative estimate of drug-likeness (QED) is 0.524. The second-order valence-electron chi connectivity index (χ2n) is 5.23. The van der Waals surface area contributed by atoms with E-state index in [0.717, 1.165) is 5.56 Å². The summed E-state index contributed by atoms with van der Waals surface area (Å²) in [6, 6.07) is 11.5. The predicted molar refractivity (Wildman–Crippen MR) is 98.5 cm³/mol. The highest BCUT2D eigenvalue weighted by atomic mass is 32.2. The number of hydrogen-bond donors (Lipinski definition) is 2. The third-order valence-corrected chi connectivity index (χ3v) is 5.59. The lowest BCUT2D eigenvalue weighted by Crippen LogP contribution is -2.32. The molecule has 0 unspecified atom stereocenters. The summed E-state index contributed by atoms with van der Waals surface area (Å²) >= 11 is 2.71. The van der Waals surface area contributed by atoms with Gasteiger partial charge in [-0.25, -0.2) is 4.98 Å². The van der Waals surface area contributed by atoms with Gasteiger partial charge >= 0.3 is 0 Å². The zero-order chi connectivity index (χ0) is 16.9. The molecule has 1 atom stereocenters. The molecule has 0 radical (unpaired) electrons. The van der Waals surface area contributed by atoms with Crippen molar-refractivity contribution in [2.75, 3.05) is 0 Å². The molecule has 0 fully saturated rings. The van der Waals surface area contributed by atoms with E-state index in [1.165, 1.54) is 23.1 Å². The maximum absolute atomic E-state index is 12.4. The Bertz CT molecular complexity index is 889. The summed E-state index contributed by atoms with van der Waals surface area (Å²) in [6.45, 7) is 2.44. The molecule has 5 nitrogen and oxygen atoms in total. The fraction of sp³-hybridized carbons (Fsp3) is 0.235. The zero-order valence-electron chi connectivity index (χ0n) is 13.1. The molecule has 1 aromatic carbocycles. The molecule has 2 N–H and O–H groups in total. The molecule has 0 spiro atoms. The van der Waals surface area contributed by atoms with Gasteiger partial charge in [-0.3, -0.25) is 9.59 Å². The number of benzene rings is 1. The molecular formula is C17H17N3O2S2. The van der Waals surface area contributed by atoms with E-state index < -0.39 is 0 Å². The molecule has 0 aliphatic carbocycles. The predicted octanol–water partition coefficient (Wildman–Crippen LogP) is 3.17. The number of nitrogens with zero attached hydrogens (tertiary/aromatic N) is 1. The van der Waals surface area contributed by atoms with Crippen LogP contribution in [0.5, 0.6) is 0 Å². The normalized spacial score (nSPS) is 12.2. The van der Waals surface area contributed by atoms with E-state index in [-0.39, 0.29) is 16.7 Å². The fourth-order valence-corrected chi connectivity index (χ4v) is 4.00. The van der Waals surface area contributed by atoms with Crippen LogP contribution in [0.25, 0.3) is 10.2 Å². The number of thioether (sulfide) groups is 1. The Morgan fingerprint density at radius 1 is 1.33 bits per heavy atom. The molecule has 0 saturated carbocycles. The lowest BCUT2D eigenvalue weighted by molar-refractivity contribution is -0.120. The maximum atomic E-state index is 12.4. The number of aromatic nitrogens is 2. The van der Waals surface area contributed by atoms with Crippen LogP contribution in [-0.2, 0) is 11.3 Å². The number of nitrogens with one attached hydrogen (secondary N) is 2. The first-order valence-electron chi connectivity index (χ1n) is 7.63. The first-order chi connectivity index (χ1) is 11.7. The van der Waals surface area contributed by atoms with Gasteiger partial charge in [-0.15, -0.1) is 11.3 Å². The SMILES string of the molecule is CC[C@H](Sc1nc2sccc2c(=O)[nH]1)C(=O)NCc1ccccc1. The first kappa shape index (κ1) is 16.7. The van der Waals surface area contributed by atoms with E-state index in [9.17, 15) is 9.59 Å². The van der Waals surface area contributed by atoms with Crippen molar-refractivity contribution in [3.05, 3.63) is 57.7 Å². The summed E-state index contributed by atoms with van der Waals surface area (Å²) in [6.07, 6.45) is 0.650. The number of hydrogen-bond acceptors (Lipinski definition) is 5. The maximum Gasteiger partial charge on any atom is 0.260 e. The standard InChI is InChI=1S/C17H17N3O2S2/c1-2-13(15(22)18-10-11-6-4-3-5-7-11)24-17-19-14(21)12-8-9-23-16(12)20-17/h3-9,13H,2,10H2,1H3,(H,18,22)(H,19,20,21)/t13-/m0/s1. The zero-order valence-corrected chi connectivity index (χ0v) is 14.7. The highest BCUT2D eigenvalue weighted by Crippen LogP contribution is 2.24. The summed E-state index contributed by atoms with van der Waals surface area (Å²) in [7, 11) is 0. The van der Waals surface area contributed by atoms with Gasteiger partial charge in [0.05, 0.1) is 10.6 Å². The van der Waals surface area contributed by atoms with Gasteiger partial charge < -0.3 is 10.3 Å². The van der Waals surface area contributed by atoms with Crippen molar-refractivity contribution in [2.45, 2.75) is 30.3 Å². The van der Waals surface area contributed by atoms with Crippen molar-refractivity contribution in [2.24, 2.45) is 0 Å². The van der Waals surface area contributed by atoms with Gasteiger partial charge in [0.2, 0.25) is 5.91 Å². The van der Waals surface area contributed by atoms with Crippen LogP contribution in [0.4, 0.5) is 0 Å². The van der Waals surface area contributed by atoms with Crippen LogP contribution >= 0.6 is 23.1 Å².